The first-order valence-electron chi connectivity index (χ1n) is 13.4. The van der Waals surface area contributed by atoms with E-state index in [4.69, 9.17) is 14.2 Å². The van der Waals surface area contributed by atoms with Crippen LogP contribution in [0.1, 0.15) is 71.7 Å². The Bertz CT molecular complexity index is 1150. The van der Waals surface area contributed by atoms with Crippen molar-refractivity contribution < 1.29 is 38.5 Å². The maximum Gasteiger partial charge on any atom is 0.338 e. The fraction of sp³-hybridized carbons (Fsp3) is 0.548. The van der Waals surface area contributed by atoms with Crippen LogP contribution in [0.5, 0.6) is 0 Å². The molecule has 2 aliphatic carbocycles. The van der Waals surface area contributed by atoms with Gasteiger partial charge in [-0.25, -0.2) is 4.79 Å². The molecule has 212 valence electrons. The first-order chi connectivity index (χ1) is 18.2. The first-order valence-corrected chi connectivity index (χ1v) is 13.4. The molecular formula is C31H40O8. The van der Waals surface area contributed by atoms with Crippen LogP contribution in [-0.2, 0) is 28.6 Å². The fourth-order valence-electron chi connectivity index (χ4n) is 5.65. The first kappa shape index (κ1) is 30.3. The molecule has 0 aliphatic heterocycles. The number of ketones is 1. The Kier molecular flexibility index (Phi) is 9.21. The summed E-state index contributed by atoms with van der Waals surface area (Å²) in [5.41, 5.74) is -1.61. The maximum atomic E-state index is 13.3. The molecule has 0 amide bonds. The average molecular weight is 541 g/mol. The molecular weight excluding hydrogens is 500 g/mol. The van der Waals surface area contributed by atoms with E-state index in [1.807, 2.05) is 13.8 Å². The van der Waals surface area contributed by atoms with E-state index in [1.54, 1.807) is 69.3 Å². The highest BCUT2D eigenvalue weighted by Crippen LogP contribution is 2.48. The summed E-state index contributed by atoms with van der Waals surface area (Å²) >= 11 is 0. The Morgan fingerprint density at radius 2 is 1.59 bits per heavy atom. The highest BCUT2D eigenvalue weighted by atomic mass is 16.6. The van der Waals surface area contributed by atoms with Gasteiger partial charge in [0.15, 0.2) is 0 Å². The van der Waals surface area contributed by atoms with Crippen molar-refractivity contribution in [2.75, 3.05) is 0 Å². The number of Topliss-reactive ketones (excluding diaryl/α,β-unsaturated/α-hetero) is 1. The molecule has 0 saturated heterocycles. The lowest BCUT2D eigenvalue weighted by Gasteiger charge is -2.40. The van der Waals surface area contributed by atoms with E-state index in [-0.39, 0.29) is 24.5 Å². The Morgan fingerprint density at radius 1 is 0.974 bits per heavy atom. The molecule has 0 spiro atoms. The summed E-state index contributed by atoms with van der Waals surface area (Å²) in [5.74, 6) is -3.39. The van der Waals surface area contributed by atoms with Crippen molar-refractivity contribution in [1.82, 2.24) is 0 Å². The van der Waals surface area contributed by atoms with Crippen LogP contribution in [0.3, 0.4) is 0 Å². The van der Waals surface area contributed by atoms with Crippen LogP contribution in [0.2, 0.25) is 0 Å². The number of benzene rings is 1. The van der Waals surface area contributed by atoms with Crippen LogP contribution in [0.25, 0.3) is 0 Å². The molecule has 1 fully saturated rings. The molecule has 0 heterocycles. The molecule has 0 unspecified atom stereocenters. The molecule has 1 aromatic carbocycles. The quantitative estimate of drug-likeness (QED) is 0.335. The molecule has 8 heteroatoms. The van der Waals surface area contributed by atoms with E-state index in [1.165, 1.54) is 13.8 Å². The third kappa shape index (κ3) is 6.85. The van der Waals surface area contributed by atoms with Gasteiger partial charge in [0, 0.05) is 37.5 Å². The zero-order valence-corrected chi connectivity index (χ0v) is 23.8. The third-order valence-electron chi connectivity index (χ3n) is 7.82. The van der Waals surface area contributed by atoms with Crippen LogP contribution in [0, 0.1) is 23.2 Å². The largest absolute Gasteiger partial charge is 0.459 e. The van der Waals surface area contributed by atoms with Gasteiger partial charge >= 0.3 is 17.9 Å². The lowest BCUT2D eigenvalue weighted by molar-refractivity contribution is -0.173. The van der Waals surface area contributed by atoms with Crippen molar-refractivity contribution in [3.63, 3.8) is 0 Å². The lowest BCUT2D eigenvalue weighted by Crippen LogP contribution is -2.52. The maximum absolute atomic E-state index is 13.3. The second kappa shape index (κ2) is 11.9. The van der Waals surface area contributed by atoms with Gasteiger partial charge in [0.2, 0.25) is 0 Å². The Balaban J connectivity index is 2.17. The summed E-state index contributed by atoms with van der Waals surface area (Å²) in [6.07, 6.45) is 2.70. The molecule has 1 saturated carbocycles. The molecule has 7 atom stereocenters. The van der Waals surface area contributed by atoms with E-state index >= 15 is 0 Å². The van der Waals surface area contributed by atoms with Crippen LogP contribution in [0.15, 0.2) is 54.1 Å². The molecule has 2 aliphatic rings. The minimum absolute atomic E-state index is 0.0593. The number of carbonyl (C=O) groups excluding carboxylic acids is 4. The van der Waals surface area contributed by atoms with Gasteiger partial charge in [0.1, 0.15) is 29.7 Å². The number of carbonyl (C=O) groups is 4. The van der Waals surface area contributed by atoms with Crippen LogP contribution in [-0.4, -0.2) is 52.7 Å². The second-order valence-corrected chi connectivity index (χ2v) is 11.5. The normalized spacial score (nSPS) is 32.6. The summed E-state index contributed by atoms with van der Waals surface area (Å²) in [5, 5.41) is 12.3. The molecule has 3 rings (SSSR count). The van der Waals surface area contributed by atoms with Crippen LogP contribution in [0.4, 0.5) is 0 Å². The van der Waals surface area contributed by atoms with Crippen molar-refractivity contribution >= 4 is 23.7 Å². The second-order valence-electron chi connectivity index (χ2n) is 11.5. The highest BCUT2D eigenvalue weighted by Gasteiger charge is 2.58. The van der Waals surface area contributed by atoms with Crippen molar-refractivity contribution in [2.24, 2.45) is 23.2 Å². The molecule has 0 bridgehead atoms. The van der Waals surface area contributed by atoms with Gasteiger partial charge < -0.3 is 19.3 Å². The Morgan fingerprint density at radius 3 is 2.18 bits per heavy atom. The van der Waals surface area contributed by atoms with Gasteiger partial charge in [-0.05, 0) is 50.8 Å². The molecule has 0 radical (unpaired) electrons. The molecule has 1 N–H and O–H groups in total. The SMILES string of the molecule is CC(=O)O[C@@H]1CC(=O)C(C)(C)C=C[C@H](C)[C@H](OC(C)=O)[C@@]2(O)C[C@H](C)[C@H](OC(=O)c3ccccc3)[C@@H]2C=C1C. The van der Waals surface area contributed by atoms with Crippen molar-refractivity contribution in [1.29, 1.82) is 0 Å². The van der Waals surface area contributed by atoms with E-state index in [0.29, 0.717) is 11.1 Å². The van der Waals surface area contributed by atoms with Crippen molar-refractivity contribution in [2.45, 2.75) is 85.2 Å². The van der Waals surface area contributed by atoms with Gasteiger partial charge in [-0.1, -0.05) is 50.3 Å². The van der Waals surface area contributed by atoms with Gasteiger partial charge in [0.25, 0.3) is 0 Å². The van der Waals surface area contributed by atoms with Gasteiger partial charge in [0.05, 0.1) is 5.56 Å². The molecule has 1 aromatic rings. The fourth-order valence-corrected chi connectivity index (χ4v) is 5.65. The monoisotopic (exact) mass is 540 g/mol. The molecule has 39 heavy (non-hydrogen) atoms. The summed E-state index contributed by atoms with van der Waals surface area (Å²) in [4.78, 5) is 50.6. The predicted molar refractivity (Wildman–Crippen MR) is 144 cm³/mol. The number of hydrogen-bond acceptors (Lipinski definition) is 8. The summed E-state index contributed by atoms with van der Waals surface area (Å²) < 4.78 is 17.3. The number of fused-ring (bicyclic) bond motifs is 1. The van der Waals surface area contributed by atoms with Gasteiger partial charge in [-0.2, -0.15) is 0 Å². The zero-order chi connectivity index (χ0) is 29.1. The summed E-state index contributed by atoms with van der Waals surface area (Å²) in [7, 11) is 0. The van der Waals surface area contributed by atoms with E-state index in [0.717, 1.165) is 0 Å². The van der Waals surface area contributed by atoms with E-state index in [2.05, 4.69) is 0 Å². The van der Waals surface area contributed by atoms with Gasteiger partial charge in [-0.15, -0.1) is 0 Å². The Hall–Kier alpha value is -3.26. The topological polar surface area (TPSA) is 116 Å². The molecule has 8 nitrogen and oxygen atoms in total. The zero-order valence-electron chi connectivity index (χ0n) is 23.8. The highest BCUT2D eigenvalue weighted by molar-refractivity contribution is 5.89. The van der Waals surface area contributed by atoms with E-state index < -0.39 is 59.1 Å². The Labute approximate surface area is 230 Å². The number of allylic oxidation sites excluding steroid dienone is 1. The smallest absolute Gasteiger partial charge is 0.338 e. The number of esters is 3. The van der Waals surface area contributed by atoms with Crippen LogP contribution >= 0.6 is 0 Å². The predicted octanol–water partition coefficient (Wildman–Crippen LogP) is 4.60. The van der Waals surface area contributed by atoms with Gasteiger partial charge in [-0.3, -0.25) is 14.4 Å². The summed E-state index contributed by atoms with van der Waals surface area (Å²) in [6.45, 7) is 11.5. The van der Waals surface area contributed by atoms with Crippen molar-refractivity contribution in [3.8, 4) is 0 Å². The average Bonchev–Trinajstić information content (AvgIpc) is 3.09. The lowest BCUT2D eigenvalue weighted by atomic mass is 9.75. The summed E-state index contributed by atoms with van der Waals surface area (Å²) in [6, 6.07) is 8.56. The van der Waals surface area contributed by atoms with E-state index in [9.17, 15) is 24.3 Å². The number of aliphatic hydroxyl groups is 1. The number of rotatable bonds is 4. The standard InChI is InChI=1S/C31H40O8/c1-18-13-14-30(6,7)26(34)16-25(37-21(4)32)19(2)15-24-27(39-29(35)23-11-9-8-10-12-23)20(3)17-31(24,36)28(18)38-22(5)33/h8-15,18,20,24-25,27-28,36H,16-17H2,1-7H3/t18-,20-,24-,25+,27-,28-,31+/m0/s1. The minimum Gasteiger partial charge on any atom is -0.459 e. The third-order valence-corrected chi connectivity index (χ3v) is 7.82. The minimum atomic E-state index is -1.62. The van der Waals surface area contributed by atoms with Crippen LogP contribution < -0.4 is 0 Å². The number of ether oxygens (including phenoxy) is 3. The molecule has 0 aromatic heterocycles. The van der Waals surface area contributed by atoms with Crippen molar-refractivity contribution in [3.05, 3.63) is 59.7 Å². The number of hydrogen-bond donors (Lipinski definition) is 1.